The summed E-state index contributed by atoms with van der Waals surface area (Å²) in [5.74, 6) is 1.46. The van der Waals surface area contributed by atoms with E-state index in [4.69, 9.17) is 15.9 Å². The molecule has 0 unspecified atom stereocenters. The fraction of sp³-hybridized carbons (Fsp3) is 0.688. The van der Waals surface area contributed by atoms with Gasteiger partial charge < -0.3 is 14.2 Å². The average molecular weight is 342 g/mol. The quantitative estimate of drug-likeness (QED) is 0.366. The summed E-state index contributed by atoms with van der Waals surface area (Å²) >= 11 is 0. The summed E-state index contributed by atoms with van der Waals surface area (Å²) in [4.78, 5) is 36.2. The molecule has 8 heteroatoms. The van der Waals surface area contributed by atoms with Crippen molar-refractivity contribution in [3.05, 3.63) is 0 Å². The number of hydrogen-bond donors (Lipinski definition) is 1. The molecule has 1 atom stereocenters. The van der Waals surface area contributed by atoms with Crippen LogP contribution < -0.4 is 5.43 Å². The molecule has 0 aliphatic carbocycles. The molecule has 0 heterocycles. The van der Waals surface area contributed by atoms with Crippen LogP contribution in [0.4, 0.5) is 9.59 Å². The molecule has 0 bridgehead atoms. The molecular formula is C16H26N2O6. The fourth-order valence-electron chi connectivity index (χ4n) is 1.49. The Bertz CT molecular complexity index is 510. The minimum atomic E-state index is -1.25. The van der Waals surface area contributed by atoms with Crippen LogP contribution in [0.25, 0.3) is 0 Å². The SMILES string of the molecule is C#CC[C@H](C(=O)OC)N(NC(=O)OC(C)(C)C)C(=O)OC(C)(C)C. The van der Waals surface area contributed by atoms with E-state index in [0.717, 1.165) is 7.11 Å². The summed E-state index contributed by atoms with van der Waals surface area (Å²) in [6.45, 7) is 9.90. The first-order valence-electron chi connectivity index (χ1n) is 7.34. The molecule has 1 N–H and O–H groups in total. The fourth-order valence-corrected chi connectivity index (χ4v) is 1.49. The number of carbonyl (C=O) groups excluding carboxylic acids is 3. The Hall–Kier alpha value is -2.43. The number of nitrogens with zero attached hydrogens (tertiary/aromatic N) is 1. The molecule has 0 spiro atoms. The van der Waals surface area contributed by atoms with E-state index in [2.05, 4.69) is 16.1 Å². The predicted octanol–water partition coefficient (Wildman–Crippen LogP) is 2.23. The molecule has 0 saturated carbocycles. The van der Waals surface area contributed by atoms with Gasteiger partial charge in [-0.15, -0.1) is 12.3 Å². The predicted molar refractivity (Wildman–Crippen MR) is 86.7 cm³/mol. The highest BCUT2D eigenvalue weighted by Gasteiger charge is 2.35. The van der Waals surface area contributed by atoms with Crippen molar-refractivity contribution in [2.24, 2.45) is 0 Å². The second-order valence-electron chi connectivity index (χ2n) is 6.91. The molecule has 0 aromatic heterocycles. The molecule has 0 aliphatic rings. The molecule has 24 heavy (non-hydrogen) atoms. The number of carbonyl (C=O) groups is 3. The zero-order valence-corrected chi connectivity index (χ0v) is 15.3. The van der Waals surface area contributed by atoms with Gasteiger partial charge in [0.25, 0.3) is 0 Å². The summed E-state index contributed by atoms with van der Waals surface area (Å²) in [6, 6.07) is -1.25. The Labute approximate surface area is 142 Å². The number of terminal acetylenes is 1. The van der Waals surface area contributed by atoms with Gasteiger partial charge in [-0.25, -0.2) is 24.8 Å². The van der Waals surface area contributed by atoms with Gasteiger partial charge in [0.05, 0.1) is 7.11 Å². The van der Waals surface area contributed by atoms with E-state index in [1.54, 1.807) is 41.5 Å². The maximum Gasteiger partial charge on any atom is 0.430 e. The molecule has 0 radical (unpaired) electrons. The Morgan fingerprint density at radius 3 is 1.96 bits per heavy atom. The van der Waals surface area contributed by atoms with E-state index in [1.165, 1.54) is 0 Å². The zero-order chi connectivity index (χ0) is 19.1. The summed E-state index contributed by atoms with van der Waals surface area (Å²) in [5.41, 5.74) is 0.557. The standard InChI is InChI=1S/C16H26N2O6/c1-9-10-11(12(19)22-8)18(14(21)24-16(5,6)7)17-13(20)23-15(2,3)4/h1,11H,10H2,2-8H3,(H,17,20)/t11-/m1/s1. The van der Waals surface area contributed by atoms with E-state index in [9.17, 15) is 14.4 Å². The van der Waals surface area contributed by atoms with Crippen LogP contribution >= 0.6 is 0 Å². The minimum absolute atomic E-state index is 0.179. The monoisotopic (exact) mass is 342 g/mol. The number of ether oxygens (including phenoxy) is 3. The third kappa shape index (κ3) is 8.27. The summed E-state index contributed by atoms with van der Waals surface area (Å²) in [5, 5.41) is 0.686. The highest BCUT2D eigenvalue weighted by atomic mass is 16.6. The van der Waals surface area contributed by atoms with Gasteiger partial charge in [0, 0.05) is 6.42 Å². The number of amides is 2. The first-order valence-corrected chi connectivity index (χ1v) is 7.34. The lowest BCUT2D eigenvalue weighted by Crippen LogP contribution is -2.57. The highest BCUT2D eigenvalue weighted by molar-refractivity contribution is 5.83. The van der Waals surface area contributed by atoms with Crippen molar-refractivity contribution >= 4 is 18.2 Å². The van der Waals surface area contributed by atoms with Crippen LogP contribution in [0, 0.1) is 12.3 Å². The van der Waals surface area contributed by atoms with E-state index < -0.39 is 35.4 Å². The Morgan fingerprint density at radius 1 is 1.08 bits per heavy atom. The average Bonchev–Trinajstić information content (AvgIpc) is 2.37. The number of hydrazine groups is 1. The number of esters is 1. The van der Waals surface area contributed by atoms with Gasteiger partial charge in [0.1, 0.15) is 11.2 Å². The van der Waals surface area contributed by atoms with E-state index >= 15 is 0 Å². The van der Waals surface area contributed by atoms with Crippen molar-refractivity contribution in [3.8, 4) is 12.3 Å². The molecule has 8 nitrogen and oxygen atoms in total. The lowest BCUT2D eigenvalue weighted by molar-refractivity contribution is -0.147. The van der Waals surface area contributed by atoms with E-state index in [-0.39, 0.29) is 6.42 Å². The van der Waals surface area contributed by atoms with Gasteiger partial charge in [-0.2, -0.15) is 0 Å². The largest absolute Gasteiger partial charge is 0.467 e. The topological polar surface area (TPSA) is 94.2 Å². The van der Waals surface area contributed by atoms with Crippen LogP contribution in [-0.2, 0) is 19.0 Å². The van der Waals surface area contributed by atoms with Gasteiger partial charge >= 0.3 is 18.2 Å². The third-order valence-corrected chi connectivity index (χ3v) is 2.30. The Morgan fingerprint density at radius 2 is 1.58 bits per heavy atom. The summed E-state index contributed by atoms with van der Waals surface area (Å²) in [6.07, 6.45) is 3.17. The van der Waals surface area contributed by atoms with E-state index in [0.29, 0.717) is 5.01 Å². The minimum Gasteiger partial charge on any atom is -0.467 e. The first-order chi connectivity index (χ1) is 10.8. The molecule has 0 rings (SSSR count). The molecule has 0 saturated heterocycles. The second kappa shape index (κ2) is 8.43. The lowest BCUT2D eigenvalue weighted by Gasteiger charge is -2.32. The van der Waals surface area contributed by atoms with Crippen molar-refractivity contribution in [2.45, 2.75) is 65.2 Å². The van der Waals surface area contributed by atoms with Crippen molar-refractivity contribution in [2.75, 3.05) is 7.11 Å². The van der Waals surface area contributed by atoms with Crippen molar-refractivity contribution in [1.29, 1.82) is 0 Å². The number of rotatable bonds is 3. The van der Waals surface area contributed by atoms with Crippen LogP contribution in [0.3, 0.4) is 0 Å². The number of methoxy groups -OCH3 is 1. The lowest BCUT2D eigenvalue weighted by atomic mass is 10.2. The Balaban J connectivity index is 5.48. The summed E-state index contributed by atoms with van der Waals surface area (Å²) < 4.78 is 14.9. The zero-order valence-electron chi connectivity index (χ0n) is 15.3. The van der Waals surface area contributed by atoms with Crippen LogP contribution in [-0.4, -0.2) is 47.5 Å². The number of hydrogen-bond acceptors (Lipinski definition) is 6. The van der Waals surface area contributed by atoms with Crippen LogP contribution in [0.15, 0.2) is 0 Å². The normalized spacial score (nSPS) is 12.4. The first kappa shape index (κ1) is 21.6. The van der Waals surface area contributed by atoms with Gasteiger partial charge in [0.15, 0.2) is 6.04 Å². The van der Waals surface area contributed by atoms with E-state index in [1.807, 2.05) is 0 Å². The maximum absolute atomic E-state index is 12.4. The van der Waals surface area contributed by atoms with Gasteiger partial charge in [0.2, 0.25) is 0 Å². The second-order valence-corrected chi connectivity index (χ2v) is 6.91. The number of nitrogens with one attached hydrogen (secondary N) is 1. The molecule has 0 aromatic rings. The molecule has 0 aromatic carbocycles. The smallest absolute Gasteiger partial charge is 0.430 e. The molecule has 0 fully saturated rings. The molecule has 0 aliphatic heterocycles. The molecular weight excluding hydrogens is 316 g/mol. The Kier molecular flexibility index (Phi) is 7.58. The van der Waals surface area contributed by atoms with Crippen molar-refractivity contribution < 1.29 is 28.6 Å². The van der Waals surface area contributed by atoms with Crippen LogP contribution in [0.2, 0.25) is 0 Å². The van der Waals surface area contributed by atoms with Crippen LogP contribution in [0.5, 0.6) is 0 Å². The van der Waals surface area contributed by atoms with Gasteiger partial charge in [-0.3, -0.25) is 0 Å². The van der Waals surface area contributed by atoms with Crippen molar-refractivity contribution in [3.63, 3.8) is 0 Å². The maximum atomic E-state index is 12.4. The van der Waals surface area contributed by atoms with Crippen molar-refractivity contribution in [1.82, 2.24) is 10.4 Å². The molecule has 136 valence electrons. The highest BCUT2D eigenvalue weighted by Crippen LogP contribution is 2.14. The third-order valence-electron chi connectivity index (χ3n) is 2.30. The van der Waals surface area contributed by atoms with Crippen LogP contribution in [0.1, 0.15) is 48.0 Å². The van der Waals surface area contributed by atoms with Gasteiger partial charge in [-0.05, 0) is 41.5 Å². The summed E-state index contributed by atoms with van der Waals surface area (Å²) in [7, 11) is 1.15. The van der Waals surface area contributed by atoms with Gasteiger partial charge in [-0.1, -0.05) is 0 Å². The molecule has 2 amide bonds.